The molecule has 60 heavy (non-hydrogen) atoms. The Balaban J connectivity index is 4.22. The van der Waals surface area contributed by atoms with Gasteiger partial charge in [-0.25, -0.2) is 0 Å². The molecule has 0 saturated heterocycles. The Morgan fingerprint density at radius 1 is 0.367 bits per heavy atom. The van der Waals surface area contributed by atoms with E-state index in [4.69, 9.17) is 14.6 Å². The van der Waals surface area contributed by atoms with E-state index in [1.807, 2.05) is 0 Å². The molecule has 1 N–H and O–H groups in total. The molecule has 0 aromatic heterocycles. The van der Waals surface area contributed by atoms with E-state index in [0.29, 0.717) is 12.8 Å². The van der Waals surface area contributed by atoms with Gasteiger partial charge in [0, 0.05) is 32.1 Å². The van der Waals surface area contributed by atoms with E-state index in [2.05, 4.69) is 57.2 Å². The zero-order valence-corrected chi connectivity index (χ0v) is 39.9. The summed E-state index contributed by atoms with van der Waals surface area (Å²) in [6.45, 7) is 6.73. The van der Waals surface area contributed by atoms with Gasteiger partial charge in [-0.1, -0.05) is 186 Å². The molecular formula is C54H98O6. The monoisotopic (exact) mass is 843 g/mol. The molecule has 6 nitrogen and oxygen atoms in total. The van der Waals surface area contributed by atoms with Crippen LogP contribution < -0.4 is 0 Å². The lowest BCUT2D eigenvalue weighted by molar-refractivity contribution is -0.150. The molecule has 0 saturated carbocycles. The molecule has 0 fully saturated rings. The highest BCUT2D eigenvalue weighted by Gasteiger charge is 2.14. The maximum atomic E-state index is 12.7. The number of rotatable bonds is 47. The summed E-state index contributed by atoms with van der Waals surface area (Å²) in [5, 5.41) is 8.75. The van der Waals surface area contributed by atoms with Crippen molar-refractivity contribution in [2.75, 3.05) is 0 Å². The second-order valence-corrected chi connectivity index (χ2v) is 17.7. The molecule has 0 aliphatic heterocycles. The lowest BCUT2D eigenvalue weighted by Gasteiger charge is -2.17. The number of hydrogen-bond acceptors (Lipinski definition) is 5. The van der Waals surface area contributed by atoms with Crippen LogP contribution in [0.1, 0.15) is 278 Å². The van der Waals surface area contributed by atoms with Crippen LogP contribution in [0, 0.1) is 0 Å². The fraction of sp³-hybridized carbons (Fsp3) is 0.833. The molecule has 0 aromatic carbocycles. The number of carboxylic acid groups (broad SMARTS) is 1. The van der Waals surface area contributed by atoms with Crippen molar-refractivity contribution in [2.24, 2.45) is 0 Å². The second-order valence-electron chi connectivity index (χ2n) is 17.7. The van der Waals surface area contributed by atoms with Gasteiger partial charge in [-0.15, -0.1) is 0 Å². The Morgan fingerprint density at radius 2 is 0.650 bits per heavy atom. The molecule has 2 atom stereocenters. The molecule has 6 heteroatoms. The molecular weight excluding hydrogens is 745 g/mol. The summed E-state index contributed by atoms with van der Waals surface area (Å²) in [6, 6.07) is 0. The summed E-state index contributed by atoms with van der Waals surface area (Å²) >= 11 is 0. The van der Waals surface area contributed by atoms with E-state index in [0.717, 1.165) is 128 Å². The number of hydrogen-bond donors (Lipinski definition) is 1. The van der Waals surface area contributed by atoms with Gasteiger partial charge in [0.05, 0.1) is 0 Å². The molecule has 0 radical (unpaired) electrons. The summed E-state index contributed by atoms with van der Waals surface area (Å²) in [7, 11) is 0. The first-order valence-electron chi connectivity index (χ1n) is 26.0. The third kappa shape index (κ3) is 45.2. The Hall–Kier alpha value is -2.37. The van der Waals surface area contributed by atoms with Gasteiger partial charge >= 0.3 is 17.9 Å². The van der Waals surface area contributed by atoms with Crippen LogP contribution in [-0.4, -0.2) is 35.2 Å². The largest absolute Gasteiger partial charge is 0.481 e. The summed E-state index contributed by atoms with van der Waals surface area (Å²) in [5.41, 5.74) is 0. The van der Waals surface area contributed by atoms with Crippen molar-refractivity contribution in [1.82, 2.24) is 0 Å². The highest BCUT2D eigenvalue weighted by atomic mass is 16.5. The Kier molecular flexibility index (Phi) is 45.8. The first kappa shape index (κ1) is 57.6. The van der Waals surface area contributed by atoms with E-state index in [1.54, 1.807) is 0 Å². The van der Waals surface area contributed by atoms with Gasteiger partial charge in [-0.3, -0.25) is 14.4 Å². The highest BCUT2D eigenvalue weighted by Crippen LogP contribution is 2.18. The lowest BCUT2D eigenvalue weighted by Crippen LogP contribution is -2.17. The van der Waals surface area contributed by atoms with Crippen molar-refractivity contribution >= 4 is 17.9 Å². The molecule has 0 rings (SSSR count). The van der Waals surface area contributed by atoms with Crippen LogP contribution in [0.4, 0.5) is 0 Å². The number of carboxylic acids is 1. The predicted molar refractivity (Wildman–Crippen MR) is 257 cm³/mol. The molecule has 2 unspecified atom stereocenters. The Bertz CT molecular complexity index is 1030. The van der Waals surface area contributed by atoms with Gasteiger partial charge in [0.2, 0.25) is 0 Å². The molecule has 0 aromatic rings. The van der Waals surface area contributed by atoms with Gasteiger partial charge in [-0.05, 0) is 96.3 Å². The lowest BCUT2D eigenvalue weighted by atomic mass is 10.0. The quantitative estimate of drug-likeness (QED) is 0.0373. The van der Waals surface area contributed by atoms with Crippen LogP contribution in [0.3, 0.4) is 0 Å². The summed E-state index contributed by atoms with van der Waals surface area (Å²) in [6.07, 6.45) is 57.0. The Labute approximate surface area is 372 Å². The van der Waals surface area contributed by atoms with Crippen LogP contribution in [0.25, 0.3) is 0 Å². The second kappa shape index (κ2) is 47.7. The van der Waals surface area contributed by atoms with Crippen molar-refractivity contribution in [1.29, 1.82) is 0 Å². The minimum Gasteiger partial charge on any atom is -0.481 e. The number of carbonyl (C=O) groups is 3. The minimum atomic E-state index is -0.702. The topological polar surface area (TPSA) is 89.9 Å². The minimum absolute atomic E-state index is 0.000349. The normalized spacial score (nSPS) is 12.8. The van der Waals surface area contributed by atoms with Gasteiger partial charge in [-0.2, -0.15) is 0 Å². The van der Waals surface area contributed by atoms with Crippen molar-refractivity contribution in [3.05, 3.63) is 36.5 Å². The van der Waals surface area contributed by atoms with Crippen LogP contribution >= 0.6 is 0 Å². The zero-order chi connectivity index (χ0) is 43.8. The fourth-order valence-corrected chi connectivity index (χ4v) is 7.74. The van der Waals surface area contributed by atoms with Crippen molar-refractivity contribution in [2.45, 2.75) is 290 Å². The Morgan fingerprint density at radius 3 is 1.00 bits per heavy atom. The van der Waals surface area contributed by atoms with Crippen molar-refractivity contribution < 1.29 is 29.0 Å². The molecule has 0 bridgehead atoms. The molecule has 0 aliphatic rings. The maximum absolute atomic E-state index is 12.7. The average Bonchev–Trinajstić information content (AvgIpc) is 3.23. The van der Waals surface area contributed by atoms with Gasteiger partial charge in [0.1, 0.15) is 12.2 Å². The van der Waals surface area contributed by atoms with E-state index in [-0.39, 0.29) is 30.6 Å². The summed E-state index contributed by atoms with van der Waals surface area (Å²) < 4.78 is 11.9. The number of ether oxygens (including phenoxy) is 2. The van der Waals surface area contributed by atoms with Crippen LogP contribution in [0.5, 0.6) is 0 Å². The third-order valence-corrected chi connectivity index (χ3v) is 11.6. The third-order valence-electron chi connectivity index (χ3n) is 11.6. The SMILES string of the molecule is CCCCCCCC/C=C/CCCCCCCC(=O)OC(C/C=C/CCCCCCCC(=O)OC(C/C=C/CCCCCCCC(=O)O)CCCCCC)CCCCCC. The number of unbranched alkanes of at least 4 members (excludes halogenated alkanes) is 27. The zero-order valence-electron chi connectivity index (χ0n) is 39.9. The molecule has 350 valence electrons. The maximum Gasteiger partial charge on any atom is 0.306 e. The van der Waals surface area contributed by atoms with Crippen LogP contribution in [0.15, 0.2) is 36.5 Å². The molecule has 0 spiro atoms. The molecule has 0 heterocycles. The van der Waals surface area contributed by atoms with Gasteiger partial charge < -0.3 is 14.6 Å². The first-order chi connectivity index (χ1) is 29.4. The predicted octanol–water partition coefficient (Wildman–Crippen LogP) is 17.2. The number of aliphatic carboxylic acids is 1. The summed E-state index contributed by atoms with van der Waals surface area (Å²) in [5.74, 6) is -0.770. The highest BCUT2D eigenvalue weighted by molar-refractivity contribution is 5.69. The first-order valence-corrected chi connectivity index (χ1v) is 26.0. The van der Waals surface area contributed by atoms with Crippen molar-refractivity contribution in [3.63, 3.8) is 0 Å². The summed E-state index contributed by atoms with van der Waals surface area (Å²) in [4.78, 5) is 36.1. The van der Waals surface area contributed by atoms with Crippen LogP contribution in [-0.2, 0) is 23.9 Å². The number of allylic oxidation sites excluding steroid dienone is 4. The standard InChI is InChI=1S/C54H98O6/c1-4-7-10-13-14-15-16-17-18-19-20-21-29-34-41-48-53(57)59-51(44-37-12-9-6-3)46-39-32-27-23-25-30-35-42-49-54(58)60-50(43-36-11-8-5-2)45-38-31-26-22-24-28-33-40-47-52(55)56/h17-18,31-32,38-39,50-51H,4-16,19-30,33-37,40-49H2,1-3H3,(H,55,56)/b18-17+,38-31+,39-32+. The molecule has 0 aliphatic carbocycles. The molecule has 0 amide bonds. The van der Waals surface area contributed by atoms with E-state index in [9.17, 15) is 14.4 Å². The van der Waals surface area contributed by atoms with E-state index >= 15 is 0 Å². The smallest absolute Gasteiger partial charge is 0.306 e. The van der Waals surface area contributed by atoms with E-state index in [1.165, 1.54) is 109 Å². The van der Waals surface area contributed by atoms with E-state index < -0.39 is 5.97 Å². The number of carbonyl (C=O) groups excluding carboxylic acids is 2. The van der Waals surface area contributed by atoms with Crippen LogP contribution in [0.2, 0.25) is 0 Å². The number of esters is 2. The van der Waals surface area contributed by atoms with Crippen molar-refractivity contribution in [3.8, 4) is 0 Å². The fourth-order valence-electron chi connectivity index (χ4n) is 7.74. The van der Waals surface area contributed by atoms with Gasteiger partial charge in [0.25, 0.3) is 0 Å². The van der Waals surface area contributed by atoms with Gasteiger partial charge in [0.15, 0.2) is 0 Å². The average molecular weight is 843 g/mol.